The van der Waals surface area contributed by atoms with E-state index in [4.69, 9.17) is 5.73 Å². The molecule has 3 nitrogen and oxygen atoms in total. The number of piperidine rings is 1. The van der Waals surface area contributed by atoms with Gasteiger partial charge in [0.2, 0.25) is 5.91 Å². The normalized spacial score (nSPS) is 35.3. The van der Waals surface area contributed by atoms with E-state index < -0.39 is 0 Å². The van der Waals surface area contributed by atoms with E-state index in [1.807, 2.05) is 4.90 Å². The van der Waals surface area contributed by atoms with Crippen LogP contribution in [0.2, 0.25) is 0 Å². The number of halogens is 1. The second-order valence-electron chi connectivity index (χ2n) is 4.96. The first-order valence-corrected chi connectivity index (χ1v) is 5.71. The zero-order valence-corrected chi connectivity index (χ0v) is 10.1. The number of hydrogen-bond acceptors (Lipinski definition) is 2. The van der Waals surface area contributed by atoms with Crippen LogP contribution in [0.3, 0.4) is 0 Å². The minimum atomic E-state index is 0. The van der Waals surface area contributed by atoms with Gasteiger partial charge < -0.3 is 10.6 Å². The fraction of sp³-hybridized carbons (Fsp3) is 0.909. The third-order valence-electron chi connectivity index (χ3n) is 3.49. The van der Waals surface area contributed by atoms with Gasteiger partial charge in [-0.3, -0.25) is 4.79 Å². The van der Waals surface area contributed by atoms with Crippen LogP contribution in [0.15, 0.2) is 0 Å². The number of amides is 1. The first kappa shape index (κ1) is 12.8. The van der Waals surface area contributed by atoms with Crippen LogP contribution >= 0.6 is 12.4 Å². The lowest BCUT2D eigenvalue weighted by molar-refractivity contribution is -0.140. The molecule has 2 fully saturated rings. The van der Waals surface area contributed by atoms with Crippen LogP contribution in [0.1, 0.15) is 32.6 Å². The average Bonchev–Trinajstić information content (AvgIpc) is 2.12. The summed E-state index contributed by atoms with van der Waals surface area (Å²) in [5, 5.41) is 0. The molecule has 88 valence electrons. The van der Waals surface area contributed by atoms with Gasteiger partial charge >= 0.3 is 0 Å². The van der Waals surface area contributed by atoms with E-state index >= 15 is 0 Å². The molecule has 2 rings (SSSR count). The van der Waals surface area contributed by atoms with Gasteiger partial charge in [0.25, 0.3) is 0 Å². The van der Waals surface area contributed by atoms with Crippen LogP contribution < -0.4 is 5.73 Å². The van der Waals surface area contributed by atoms with E-state index in [1.54, 1.807) is 0 Å². The third kappa shape index (κ3) is 2.85. The Bertz CT molecular complexity index is 229. The van der Waals surface area contributed by atoms with Gasteiger partial charge in [0.15, 0.2) is 0 Å². The van der Waals surface area contributed by atoms with Gasteiger partial charge in [0, 0.05) is 25.0 Å². The van der Waals surface area contributed by atoms with Crippen molar-refractivity contribution in [3.63, 3.8) is 0 Å². The van der Waals surface area contributed by atoms with Crippen molar-refractivity contribution in [2.45, 2.75) is 38.6 Å². The Labute approximate surface area is 97.8 Å². The van der Waals surface area contributed by atoms with Crippen molar-refractivity contribution in [3.05, 3.63) is 0 Å². The highest BCUT2D eigenvalue weighted by Crippen LogP contribution is 2.29. The van der Waals surface area contributed by atoms with E-state index in [-0.39, 0.29) is 24.4 Å². The maximum Gasteiger partial charge on any atom is 0.225 e. The lowest BCUT2D eigenvalue weighted by Crippen LogP contribution is -2.49. The summed E-state index contributed by atoms with van der Waals surface area (Å²) in [7, 11) is 0. The van der Waals surface area contributed by atoms with Crippen LogP contribution in [0.25, 0.3) is 0 Å². The highest BCUT2D eigenvalue weighted by molar-refractivity contribution is 5.85. The van der Waals surface area contributed by atoms with Crippen LogP contribution in [-0.2, 0) is 4.79 Å². The van der Waals surface area contributed by atoms with Crippen molar-refractivity contribution in [1.82, 2.24) is 4.90 Å². The minimum absolute atomic E-state index is 0. The maximum absolute atomic E-state index is 11.9. The molecule has 0 bridgehead atoms. The molecule has 1 atom stereocenters. The SMILES string of the molecule is CC1CCCN(C(=O)C2CC(N)C2)C1.Cl. The van der Waals surface area contributed by atoms with E-state index in [0.29, 0.717) is 11.8 Å². The standard InChI is InChI=1S/C11H20N2O.ClH/c1-8-3-2-4-13(7-8)11(14)9-5-10(12)6-9;/h8-10H,2-7,12H2,1H3;1H. The van der Waals surface area contributed by atoms with E-state index in [1.165, 1.54) is 12.8 Å². The quantitative estimate of drug-likeness (QED) is 0.743. The lowest BCUT2D eigenvalue weighted by Gasteiger charge is -2.38. The Morgan fingerprint density at radius 2 is 2.07 bits per heavy atom. The van der Waals surface area contributed by atoms with Gasteiger partial charge in [-0.25, -0.2) is 0 Å². The summed E-state index contributed by atoms with van der Waals surface area (Å²) in [4.78, 5) is 14.0. The molecule has 1 saturated heterocycles. The summed E-state index contributed by atoms with van der Waals surface area (Å²) in [5.74, 6) is 1.29. The highest BCUT2D eigenvalue weighted by atomic mass is 35.5. The Morgan fingerprint density at radius 1 is 1.40 bits per heavy atom. The maximum atomic E-state index is 11.9. The molecule has 0 radical (unpaired) electrons. The molecule has 15 heavy (non-hydrogen) atoms. The summed E-state index contributed by atoms with van der Waals surface area (Å²) in [6.07, 6.45) is 4.26. The fourth-order valence-electron chi connectivity index (χ4n) is 2.51. The van der Waals surface area contributed by atoms with Crippen LogP contribution in [-0.4, -0.2) is 29.9 Å². The summed E-state index contributed by atoms with van der Waals surface area (Å²) in [6, 6.07) is 0.283. The Morgan fingerprint density at radius 3 is 2.60 bits per heavy atom. The van der Waals surface area contributed by atoms with Crippen LogP contribution in [0, 0.1) is 11.8 Å². The summed E-state index contributed by atoms with van der Waals surface area (Å²) in [6.45, 7) is 4.16. The van der Waals surface area contributed by atoms with Gasteiger partial charge in [0.1, 0.15) is 0 Å². The molecule has 0 aromatic rings. The zero-order valence-electron chi connectivity index (χ0n) is 9.32. The number of likely N-dealkylation sites (tertiary alicyclic amines) is 1. The number of rotatable bonds is 1. The van der Waals surface area contributed by atoms with Crippen molar-refractivity contribution in [2.24, 2.45) is 17.6 Å². The molecule has 0 aromatic heterocycles. The van der Waals surface area contributed by atoms with Gasteiger partial charge in [-0.2, -0.15) is 0 Å². The molecule has 1 saturated carbocycles. The average molecular weight is 233 g/mol. The molecule has 1 aliphatic carbocycles. The summed E-state index contributed by atoms with van der Waals surface area (Å²) < 4.78 is 0. The monoisotopic (exact) mass is 232 g/mol. The predicted octanol–water partition coefficient (Wildman–Crippen LogP) is 1.40. The molecule has 1 unspecified atom stereocenters. The molecule has 2 N–H and O–H groups in total. The number of nitrogens with zero attached hydrogens (tertiary/aromatic N) is 1. The Kier molecular flexibility index (Phi) is 4.41. The highest BCUT2D eigenvalue weighted by Gasteiger charge is 2.35. The van der Waals surface area contributed by atoms with E-state index in [9.17, 15) is 4.79 Å². The second-order valence-corrected chi connectivity index (χ2v) is 4.96. The number of hydrogen-bond donors (Lipinski definition) is 1. The van der Waals surface area contributed by atoms with Crippen molar-refractivity contribution in [3.8, 4) is 0 Å². The Hall–Kier alpha value is -0.280. The second kappa shape index (κ2) is 5.17. The van der Waals surface area contributed by atoms with Crippen LogP contribution in [0.4, 0.5) is 0 Å². The minimum Gasteiger partial charge on any atom is -0.342 e. The van der Waals surface area contributed by atoms with Gasteiger partial charge in [-0.15, -0.1) is 12.4 Å². The first-order valence-electron chi connectivity index (χ1n) is 5.71. The van der Waals surface area contributed by atoms with Gasteiger partial charge in [-0.05, 0) is 31.6 Å². The summed E-state index contributed by atoms with van der Waals surface area (Å²) >= 11 is 0. The van der Waals surface area contributed by atoms with E-state index in [2.05, 4.69) is 6.92 Å². The lowest BCUT2D eigenvalue weighted by atomic mass is 9.79. The van der Waals surface area contributed by atoms with Crippen molar-refractivity contribution in [2.75, 3.05) is 13.1 Å². The number of carbonyl (C=O) groups excluding carboxylic acids is 1. The van der Waals surface area contributed by atoms with E-state index in [0.717, 1.165) is 25.9 Å². The largest absolute Gasteiger partial charge is 0.342 e. The Balaban J connectivity index is 0.00000112. The molecule has 0 spiro atoms. The number of nitrogens with two attached hydrogens (primary N) is 1. The van der Waals surface area contributed by atoms with Crippen molar-refractivity contribution < 1.29 is 4.79 Å². The van der Waals surface area contributed by atoms with Crippen molar-refractivity contribution >= 4 is 18.3 Å². The summed E-state index contributed by atoms with van der Waals surface area (Å²) in [5.41, 5.74) is 5.69. The topological polar surface area (TPSA) is 46.3 Å². The first-order chi connectivity index (χ1) is 6.66. The third-order valence-corrected chi connectivity index (χ3v) is 3.49. The van der Waals surface area contributed by atoms with Crippen LogP contribution in [0.5, 0.6) is 0 Å². The predicted molar refractivity (Wildman–Crippen MR) is 62.9 cm³/mol. The molecule has 1 heterocycles. The van der Waals surface area contributed by atoms with Crippen molar-refractivity contribution in [1.29, 1.82) is 0 Å². The number of carbonyl (C=O) groups is 1. The fourth-order valence-corrected chi connectivity index (χ4v) is 2.51. The van der Waals surface area contributed by atoms with Gasteiger partial charge in [-0.1, -0.05) is 6.92 Å². The molecule has 4 heteroatoms. The zero-order chi connectivity index (χ0) is 10.1. The molecular weight excluding hydrogens is 212 g/mol. The molecule has 0 aromatic carbocycles. The molecular formula is C11H21ClN2O. The van der Waals surface area contributed by atoms with Gasteiger partial charge in [0.05, 0.1) is 0 Å². The molecule has 1 aliphatic heterocycles. The molecule has 1 amide bonds. The smallest absolute Gasteiger partial charge is 0.225 e. The molecule has 2 aliphatic rings.